The van der Waals surface area contributed by atoms with Crippen molar-refractivity contribution in [1.82, 2.24) is 5.43 Å². The van der Waals surface area contributed by atoms with Crippen molar-refractivity contribution in [2.75, 3.05) is 13.0 Å². The maximum Gasteiger partial charge on any atom is 0.265 e. The Morgan fingerprint density at radius 2 is 2.21 bits per heavy atom. The number of hydrogen-bond acceptors (Lipinski definition) is 5. The predicted molar refractivity (Wildman–Crippen MR) is 71.0 cm³/mol. The van der Waals surface area contributed by atoms with Crippen LogP contribution in [0.3, 0.4) is 0 Å². The average molecular weight is 289 g/mol. The highest BCUT2D eigenvalue weighted by Crippen LogP contribution is 2.26. The van der Waals surface area contributed by atoms with Crippen LogP contribution >= 0.6 is 11.6 Å². The molecule has 0 aromatic heterocycles. The molecule has 0 aliphatic carbocycles. The second-order valence-electron chi connectivity index (χ2n) is 3.92. The van der Waals surface area contributed by atoms with Crippen LogP contribution in [0.15, 0.2) is 18.2 Å². The van der Waals surface area contributed by atoms with Gasteiger partial charge in [-0.15, -0.1) is 11.6 Å². The SMILES string of the molecule is COc1ccc(C(O)C(O)CCCl)c(C(=O)NN)c1. The van der Waals surface area contributed by atoms with E-state index in [4.69, 9.17) is 22.2 Å². The lowest BCUT2D eigenvalue weighted by atomic mass is 9.96. The van der Waals surface area contributed by atoms with Gasteiger partial charge in [-0.2, -0.15) is 0 Å². The Bertz CT molecular complexity index is 442. The van der Waals surface area contributed by atoms with Gasteiger partial charge in [0.15, 0.2) is 0 Å². The Balaban J connectivity index is 3.14. The van der Waals surface area contributed by atoms with Gasteiger partial charge < -0.3 is 14.9 Å². The minimum atomic E-state index is -1.23. The number of hydrazine groups is 1. The fourth-order valence-corrected chi connectivity index (χ4v) is 1.90. The monoisotopic (exact) mass is 288 g/mol. The van der Waals surface area contributed by atoms with Crippen LogP contribution in [0.2, 0.25) is 0 Å². The maximum atomic E-state index is 11.7. The third kappa shape index (κ3) is 3.81. The summed E-state index contributed by atoms with van der Waals surface area (Å²) in [5.41, 5.74) is 2.39. The first-order valence-electron chi connectivity index (χ1n) is 5.66. The zero-order chi connectivity index (χ0) is 14.4. The molecule has 0 aliphatic rings. The first-order chi connectivity index (χ1) is 9.04. The quantitative estimate of drug-likeness (QED) is 0.261. The van der Waals surface area contributed by atoms with Crippen LogP contribution in [0.25, 0.3) is 0 Å². The van der Waals surface area contributed by atoms with Crippen molar-refractivity contribution in [3.05, 3.63) is 29.3 Å². The lowest BCUT2D eigenvalue weighted by Gasteiger charge is -2.20. The number of hydrogen-bond donors (Lipinski definition) is 4. The molecule has 0 aliphatic heterocycles. The summed E-state index contributed by atoms with van der Waals surface area (Å²) in [6.07, 6.45) is -2.08. The highest BCUT2D eigenvalue weighted by atomic mass is 35.5. The van der Waals surface area contributed by atoms with Gasteiger partial charge in [-0.1, -0.05) is 6.07 Å². The summed E-state index contributed by atoms with van der Waals surface area (Å²) in [7, 11) is 1.46. The van der Waals surface area contributed by atoms with Crippen LogP contribution in [-0.4, -0.2) is 35.2 Å². The van der Waals surface area contributed by atoms with Crippen LogP contribution in [-0.2, 0) is 0 Å². The first kappa shape index (κ1) is 15.7. The molecule has 6 nitrogen and oxygen atoms in total. The highest BCUT2D eigenvalue weighted by Gasteiger charge is 2.23. The maximum absolute atomic E-state index is 11.7. The van der Waals surface area contributed by atoms with E-state index >= 15 is 0 Å². The van der Waals surface area contributed by atoms with Gasteiger partial charge in [0.05, 0.1) is 18.8 Å². The molecule has 106 valence electrons. The summed E-state index contributed by atoms with van der Waals surface area (Å²) in [6.45, 7) is 0. The summed E-state index contributed by atoms with van der Waals surface area (Å²) >= 11 is 5.51. The van der Waals surface area contributed by atoms with Crippen LogP contribution in [0.4, 0.5) is 0 Å². The van der Waals surface area contributed by atoms with E-state index in [1.54, 1.807) is 6.07 Å². The van der Waals surface area contributed by atoms with E-state index in [0.29, 0.717) is 5.75 Å². The summed E-state index contributed by atoms with van der Waals surface area (Å²) < 4.78 is 5.01. The number of nitrogen functional groups attached to an aromatic ring is 1. The number of aliphatic hydroxyl groups excluding tert-OH is 2. The van der Waals surface area contributed by atoms with Gasteiger partial charge >= 0.3 is 0 Å². The van der Waals surface area contributed by atoms with Crippen molar-refractivity contribution in [2.24, 2.45) is 5.84 Å². The summed E-state index contributed by atoms with van der Waals surface area (Å²) in [5.74, 6) is 5.16. The predicted octanol–water partition coefficient (Wildman–Crippen LogP) is 0.322. The number of carbonyl (C=O) groups excluding carboxylic acids is 1. The van der Waals surface area contributed by atoms with E-state index in [0.717, 1.165) is 0 Å². The van der Waals surface area contributed by atoms with E-state index < -0.39 is 18.1 Å². The van der Waals surface area contributed by atoms with Crippen molar-refractivity contribution in [3.8, 4) is 5.75 Å². The standard InChI is InChI=1S/C12H17ClN2O4/c1-19-7-2-3-8(9(6-7)12(18)15-14)11(17)10(16)4-5-13/h2-3,6,10-11,16-17H,4-5,14H2,1H3,(H,15,18). The average Bonchev–Trinajstić information content (AvgIpc) is 2.45. The molecule has 1 aromatic rings. The fourth-order valence-electron chi connectivity index (χ4n) is 1.67. The topological polar surface area (TPSA) is 105 Å². The van der Waals surface area contributed by atoms with Crippen LogP contribution < -0.4 is 16.0 Å². The number of benzene rings is 1. The van der Waals surface area contributed by atoms with Gasteiger partial charge in [-0.3, -0.25) is 10.2 Å². The number of aliphatic hydroxyl groups is 2. The highest BCUT2D eigenvalue weighted by molar-refractivity contribution is 6.17. The number of halogens is 1. The molecule has 1 amide bonds. The Morgan fingerprint density at radius 1 is 1.53 bits per heavy atom. The second-order valence-corrected chi connectivity index (χ2v) is 4.29. The Hall–Kier alpha value is -1.34. The molecule has 7 heteroatoms. The van der Waals surface area contributed by atoms with Gasteiger partial charge in [-0.25, -0.2) is 5.84 Å². The molecule has 19 heavy (non-hydrogen) atoms. The molecule has 0 heterocycles. The second kappa shape index (κ2) is 7.30. The molecule has 1 aromatic carbocycles. The van der Waals surface area contributed by atoms with Gasteiger partial charge in [0.2, 0.25) is 0 Å². The van der Waals surface area contributed by atoms with Crippen LogP contribution in [0, 0.1) is 0 Å². The third-order valence-corrected chi connectivity index (χ3v) is 2.94. The molecule has 0 radical (unpaired) electrons. The molecular weight excluding hydrogens is 272 g/mol. The Labute approximate surface area is 116 Å². The number of amides is 1. The lowest BCUT2D eigenvalue weighted by molar-refractivity contribution is 0.0164. The smallest absolute Gasteiger partial charge is 0.265 e. The number of ether oxygens (including phenoxy) is 1. The molecule has 5 N–H and O–H groups in total. The number of methoxy groups -OCH3 is 1. The number of carbonyl (C=O) groups is 1. The van der Waals surface area contributed by atoms with Crippen LogP contribution in [0.1, 0.15) is 28.4 Å². The Kier molecular flexibility index (Phi) is 6.04. The Morgan fingerprint density at radius 3 is 2.74 bits per heavy atom. The van der Waals surface area contributed by atoms with Gasteiger partial charge in [-0.05, 0) is 24.1 Å². The number of rotatable bonds is 6. The molecule has 0 saturated heterocycles. The van der Waals surface area contributed by atoms with E-state index in [2.05, 4.69) is 0 Å². The van der Waals surface area contributed by atoms with Crippen molar-refractivity contribution >= 4 is 17.5 Å². The molecule has 0 bridgehead atoms. The van der Waals surface area contributed by atoms with Crippen molar-refractivity contribution < 1.29 is 19.7 Å². The number of alkyl halides is 1. The minimum absolute atomic E-state index is 0.142. The van der Waals surface area contributed by atoms with E-state index in [9.17, 15) is 15.0 Å². The molecule has 0 spiro atoms. The molecule has 0 saturated carbocycles. The van der Waals surface area contributed by atoms with E-state index in [-0.39, 0.29) is 23.4 Å². The molecular formula is C12H17ClN2O4. The van der Waals surface area contributed by atoms with E-state index in [1.807, 2.05) is 5.43 Å². The van der Waals surface area contributed by atoms with Crippen molar-refractivity contribution in [1.29, 1.82) is 0 Å². The van der Waals surface area contributed by atoms with E-state index in [1.165, 1.54) is 19.2 Å². The molecule has 0 fully saturated rings. The molecule has 2 atom stereocenters. The zero-order valence-electron chi connectivity index (χ0n) is 10.5. The minimum Gasteiger partial charge on any atom is -0.497 e. The fraction of sp³-hybridized carbons (Fsp3) is 0.417. The molecule has 2 unspecified atom stereocenters. The van der Waals surface area contributed by atoms with Crippen LogP contribution in [0.5, 0.6) is 5.75 Å². The summed E-state index contributed by atoms with van der Waals surface area (Å²) in [5, 5.41) is 19.8. The number of nitrogens with one attached hydrogen (secondary N) is 1. The molecule has 1 rings (SSSR count). The summed E-state index contributed by atoms with van der Waals surface area (Å²) in [6, 6.07) is 4.53. The zero-order valence-corrected chi connectivity index (χ0v) is 11.2. The van der Waals surface area contributed by atoms with Gasteiger partial charge in [0.1, 0.15) is 11.9 Å². The number of nitrogens with two attached hydrogens (primary N) is 1. The third-order valence-electron chi connectivity index (χ3n) is 2.72. The summed E-state index contributed by atoms with van der Waals surface area (Å²) in [4.78, 5) is 11.7. The first-order valence-corrected chi connectivity index (χ1v) is 6.19. The normalized spacial score (nSPS) is 13.7. The largest absolute Gasteiger partial charge is 0.497 e. The van der Waals surface area contributed by atoms with Gasteiger partial charge in [0.25, 0.3) is 5.91 Å². The lowest BCUT2D eigenvalue weighted by Crippen LogP contribution is -2.32. The van der Waals surface area contributed by atoms with Crippen molar-refractivity contribution in [2.45, 2.75) is 18.6 Å². The van der Waals surface area contributed by atoms with Gasteiger partial charge in [0, 0.05) is 5.88 Å². The van der Waals surface area contributed by atoms with Crippen molar-refractivity contribution in [3.63, 3.8) is 0 Å².